The maximum absolute atomic E-state index is 12.6. The molecular weight excluding hydrogens is 358 g/mol. The molecule has 0 spiro atoms. The molecule has 0 fully saturated rings. The van der Waals surface area contributed by atoms with Crippen LogP contribution in [0.3, 0.4) is 0 Å². The third kappa shape index (κ3) is 3.55. The number of aryl methyl sites for hydroxylation is 1. The minimum absolute atomic E-state index is 0.235. The number of rotatable bonds is 4. The second-order valence-corrected chi connectivity index (χ2v) is 6.81. The monoisotopic (exact) mass is 379 g/mol. The fraction of sp³-hybridized carbons (Fsp3) is 0.286. The minimum Gasteiger partial charge on any atom is -0.486 e. The molecule has 0 atom stereocenters. The van der Waals surface area contributed by atoms with E-state index in [1.807, 2.05) is 51.1 Å². The molecule has 1 N–H and O–H groups in total. The van der Waals surface area contributed by atoms with Crippen molar-refractivity contribution in [1.29, 1.82) is 0 Å². The van der Waals surface area contributed by atoms with Crippen LogP contribution in [-0.2, 0) is 4.74 Å². The summed E-state index contributed by atoms with van der Waals surface area (Å²) >= 11 is 0. The van der Waals surface area contributed by atoms with Gasteiger partial charge in [0.1, 0.15) is 18.8 Å². The van der Waals surface area contributed by atoms with Crippen LogP contribution in [0.15, 0.2) is 36.5 Å². The molecule has 0 aliphatic carbocycles. The Bertz CT molecular complexity index is 1050. The predicted molar refractivity (Wildman–Crippen MR) is 106 cm³/mol. The smallest absolute Gasteiger partial charge is 0.342 e. The number of ether oxygens (including phenoxy) is 3. The molecule has 0 saturated heterocycles. The van der Waals surface area contributed by atoms with E-state index >= 15 is 0 Å². The van der Waals surface area contributed by atoms with Gasteiger partial charge in [-0.2, -0.15) is 0 Å². The van der Waals surface area contributed by atoms with Gasteiger partial charge in [0.2, 0.25) is 0 Å². The Kier molecular flexibility index (Phi) is 4.73. The van der Waals surface area contributed by atoms with Gasteiger partial charge in [-0.15, -0.1) is 0 Å². The number of aromatic nitrogens is 2. The molecule has 1 aromatic carbocycles. The topological polar surface area (TPSA) is 82.6 Å². The highest BCUT2D eigenvalue weighted by Gasteiger charge is 2.20. The standard InChI is InChI=1S/C21H21N3O4/c1-12(2)28-21(25)16-11-22-20-15(6-4-13(3)23-20)19(16)24-14-5-7-17-18(10-14)27-9-8-26-17/h4-7,10-12H,8-9H2,1-3H3,(H,22,23,24). The zero-order valence-electron chi connectivity index (χ0n) is 16.0. The minimum atomic E-state index is -0.440. The maximum Gasteiger partial charge on any atom is 0.342 e. The summed E-state index contributed by atoms with van der Waals surface area (Å²) < 4.78 is 16.6. The molecule has 3 heterocycles. The van der Waals surface area contributed by atoms with Gasteiger partial charge >= 0.3 is 5.97 Å². The molecule has 1 aliphatic heterocycles. The highest BCUT2D eigenvalue weighted by atomic mass is 16.6. The number of esters is 1. The van der Waals surface area contributed by atoms with Crippen molar-refractivity contribution in [3.05, 3.63) is 47.8 Å². The van der Waals surface area contributed by atoms with Gasteiger partial charge in [0.25, 0.3) is 0 Å². The van der Waals surface area contributed by atoms with Crippen LogP contribution in [0.4, 0.5) is 11.4 Å². The number of benzene rings is 1. The zero-order chi connectivity index (χ0) is 19.7. The van der Waals surface area contributed by atoms with E-state index in [9.17, 15) is 4.79 Å². The first-order chi connectivity index (χ1) is 13.5. The highest BCUT2D eigenvalue weighted by Crippen LogP contribution is 2.35. The number of carbonyl (C=O) groups excluding carboxylic acids is 1. The van der Waals surface area contributed by atoms with E-state index in [1.165, 1.54) is 6.20 Å². The zero-order valence-corrected chi connectivity index (χ0v) is 16.0. The molecule has 144 valence electrons. The number of nitrogens with one attached hydrogen (secondary N) is 1. The Hall–Kier alpha value is -3.35. The predicted octanol–water partition coefficient (Wildman–Crippen LogP) is 4.02. The first-order valence-electron chi connectivity index (χ1n) is 9.15. The molecule has 7 nitrogen and oxygen atoms in total. The van der Waals surface area contributed by atoms with Crippen LogP contribution in [0, 0.1) is 6.92 Å². The molecule has 0 bridgehead atoms. The number of nitrogens with zero attached hydrogens (tertiary/aromatic N) is 2. The summed E-state index contributed by atoms with van der Waals surface area (Å²) in [7, 11) is 0. The third-order valence-electron chi connectivity index (χ3n) is 4.24. The summed E-state index contributed by atoms with van der Waals surface area (Å²) in [5.41, 5.74) is 3.11. The first-order valence-corrected chi connectivity index (χ1v) is 9.15. The van der Waals surface area contributed by atoms with Crippen LogP contribution in [0.2, 0.25) is 0 Å². The summed E-state index contributed by atoms with van der Waals surface area (Å²) in [6, 6.07) is 9.35. The molecule has 0 unspecified atom stereocenters. The van der Waals surface area contributed by atoms with Crippen molar-refractivity contribution in [2.75, 3.05) is 18.5 Å². The second-order valence-electron chi connectivity index (χ2n) is 6.81. The molecule has 28 heavy (non-hydrogen) atoms. The van der Waals surface area contributed by atoms with Crippen molar-refractivity contribution in [3.63, 3.8) is 0 Å². The van der Waals surface area contributed by atoms with E-state index in [0.29, 0.717) is 41.6 Å². The van der Waals surface area contributed by atoms with Gasteiger partial charge in [-0.05, 0) is 45.0 Å². The van der Waals surface area contributed by atoms with Crippen LogP contribution in [0.25, 0.3) is 11.0 Å². The summed E-state index contributed by atoms with van der Waals surface area (Å²) in [6.07, 6.45) is 1.27. The van der Waals surface area contributed by atoms with Gasteiger partial charge in [-0.3, -0.25) is 0 Å². The van der Waals surface area contributed by atoms with Gasteiger partial charge in [0.15, 0.2) is 17.1 Å². The van der Waals surface area contributed by atoms with Crippen molar-refractivity contribution < 1.29 is 19.0 Å². The second kappa shape index (κ2) is 7.34. The summed E-state index contributed by atoms with van der Waals surface area (Å²) in [5.74, 6) is 0.924. The lowest BCUT2D eigenvalue weighted by Gasteiger charge is -2.20. The summed E-state index contributed by atoms with van der Waals surface area (Å²) in [6.45, 7) is 6.56. The Morgan fingerprint density at radius 2 is 1.93 bits per heavy atom. The Balaban J connectivity index is 1.79. The highest BCUT2D eigenvalue weighted by molar-refractivity contribution is 6.05. The summed E-state index contributed by atoms with van der Waals surface area (Å²) in [4.78, 5) is 21.4. The van der Waals surface area contributed by atoms with Crippen molar-refractivity contribution in [2.45, 2.75) is 26.9 Å². The van der Waals surface area contributed by atoms with Gasteiger partial charge in [0.05, 0.1) is 11.8 Å². The Labute approximate surface area is 162 Å². The quantitative estimate of drug-likeness (QED) is 0.686. The van der Waals surface area contributed by atoms with Crippen molar-refractivity contribution in [3.8, 4) is 11.5 Å². The third-order valence-corrected chi connectivity index (χ3v) is 4.24. The average molecular weight is 379 g/mol. The van der Waals surface area contributed by atoms with Crippen LogP contribution < -0.4 is 14.8 Å². The lowest BCUT2D eigenvalue weighted by molar-refractivity contribution is 0.0379. The molecule has 3 aromatic rings. The lowest BCUT2D eigenvalue weighted by Crippen LogP contribution is -2.16. The van der Waals surface area contributed by atoms with E-state index < -0.39 is 5.97 Å². The number of hydrogen-bond acceptors (Lipinski definition) is 7. The largest absolute Gasteiger partial charge is 0.486 e. The molecule has 7 heteroatoms. The van der Waals surface area contributed by atoms with Crippen LogP contribution in [-0.4, -0.2) is 35.3 Å². The number of hydrogen-bond donors (Lipinski definition) is 1. The van der Waals surface area contributed by atoms with Gasteiger partial charge < -0.3 is 19.5 Å². The maximum atomic E-state index is 12.6. The van der Waals surface area contributed by atoms with Gasteiger partial charge in [-0.25, -0.2) is 14.8 Å². The molecule has 1 aliphatic rings. The Morgan fingerprint density at radius 1 is 1.14 bits per heavy atom. The van der Waals surface area contributed by atoms with Gasteiger partial charge in [-0.1, -0.05) is 0 Å². The average Bonchev–Trinajstić information content (AvgIpc) is 2.67. The molecule has 4 rings (SSSR count). The Morgan fingerprint density at radius 3 is 2.71 bits per heavy atom. The first kappa shape index (κ1) is 18.0. The number of fused-ring (bicyclic) bond motifs is 2. The van der Waals surface area contributed by atoms with Crippen LogP contribution >= 0.6 is 0 Å². The van der Waals surface area contributed by atoms with Gasteiger partial charge in [0, 0.05) is 29.0 Å². The van der Waals surface area contributed by atoms with Crippen molar-refractivity contribution in [2.24, 2.45) is 0 Å². The van der Waals surface area contributed by atoms with E-state index in [-0.39, 0.29) is 6.10 Å². The number of pyridine rings is 2. The van der Waals surface area contributed by atoms with E-state index in [2.05, 4.69) is 15.3 Å². The fourth-order valence-corrected chi connectivity index (χ4v) is 3.00. The molecule has 0 saturated carbocycles. The van der Waals surface area contributed by atoms with E-state index in [1.54, 1.807) is 0 Å². The fourth-order valence-electron chi connectivity index (χ4n) is 3.00. The van der Waals surface area contributed by atoms with Crippen molar-refractivity contribution >= 4 is 28.4 Å². The molecule has 2 aromatic heterocycles. The number of carbonyl (C=O) groups is 1. The lowest BCUT2D eigenvalue weighted by atomic mass is 10.1. The van der Waals surface area contributed by atoms with Crippen LogP contribution in [0.1, 0.15) is 29.9 Å². The van der Waals surface area contributed by atoms with Crippen LogP contribution in [0.5, 0.6) is 11.5 Å². The van der Waals surface area contributed by atoms with E-state index in [4.69, 9.17) is 14.2 Å². The molecular formula is C21H21N3O4. The molecule has 0 amide bonds. The number of anilines is 2. The normalized spacial score (nSPS) is 12.9. The SMILES string of the molecule is Cc1ccc2c(Nc3ccc4c(c3)OCCO4)c(C(=O)OC(C)C)cnc2n1. The molecule has 0 radical (unpaired) electrons. The van der Waals surface area contributed by atoms with Crippen molar-refractivity contribution in [1.82, 2.24) is 9.97 Å². The van der Waals surface area contributed by atoms with E-state index in [0.717, 1.165) is 16.8 Å². The summed E-state index contributed by atoms with van der Waals surface area (Å²) in [5, 5.41) is 4.06.